The molecule has 1 aromatic rings. The topological polar surface area (TPSA) is 50.4 Å². The van der Waals surface area contributed by atoms with Crippen molar-refractivity contribution in [3.8, 4) is 5.75 Å². The van der Waals surface area contributed by atoms with Crippen molar-refractivity contribution in [1.29, 1.82) is 0 Å². The highest BCUT2D eigenvalue weighted by Crippen LogP contribution is 2.20. The highest BCUT2D eigenvalue weighted by Gasteiger charge is 2.14. The molecule has 1 aliphatic heterocycles. The predicted molar refractivity (Wildman–Crippen MR) is 97.6 cm³/mol. The summed E-state index contributed by atoms with van der Waals surface area (Å²) in [5.41, 5.74) is 0.823. The average Bonchev–Trinajstić information content (AvgIpc) is 2.55. The van der Waals surface area contributed by atoms with Gasteiger partial charge in [-0.2, -0.15) is 0 Å². The van der Waals surface area contributed by atoms with Gasteiger partial charge < -0.3 is 15.4 Å². The Morgan fingerprint density at radius 1 is 1.35 bits per heavy atom. The van der Waals surface area contributed by atoms with E-state index in [-0.39, 0.29) is 18.3 Å². The van der Waals surface area contributed by atoms with E-state index in [1.807, 2.05) is 24.3 Å². The molecule has 0 aromatic heterocycles. The van der Waals surface area contributed by atoms with Crippen LogP contribution in [-0.4, -0.2) is 25.6 Å². The third-order valence-electron chi connectivity index (χ3n) is 4.12. The summed E-state index contributed by atoms with van der Waals surface area (Å²) in [6.07, 6.45) is 6.13. The largest absolute Gasteiger partial charge is 0.494 e. The van der Waals surface area contributed by atoms with Crippen LogP contribution in [0.2, 0.25) is 0 Å². The second-order valence-electron chi connectivity index (χ2n) is 6.01. The highest BCUT2D eigenvalue weighted by atomic mass is 35.5. The van der Waals surface area contributed by atoms with Crippen LogP contribution in [0.4, 0.5) is 5.69 Å². The minimum atomic E-state index is 0. The van der Waals surface area contributed by atoms with Crippen molar-refractivity contribution < 1.29 is 9.53 Å². The van der Waals surface area contributed by atoms with Gasteiger partial charge in [0.1, 0.15) is 5.75 Å². The number of nitrogens with one attached hydrogen (secondary N) is 2. The number of carbonyl (C=O) groups excluding carboxylic acids is 1. The van der Waals surface area contributed by atoms with Crippen molar-refractivity contribution in [3.05, 3.63) is 24.3 Å². The fourth-order valence-corrected chi connectivity index (χ4v) is 2.73. The van der Waals surface area contributed by atoms with Crippen molar-refractivity contribution in [3.63, 3.8) is 0 Å². The summed E-state index contributed by atoms with van der Waals surface area (Å²) in [6.45, 7) is 5.04. The van der Waals surface area contributed by atoms with E-state index in [0.29, 0.717) is 12.3 Å². The Kier molecular flexibility index (Phi) is 9.72. The van der Waals surface area contributed by atoms with Crippen LogP contribution in [0.1, 0.15) is 45.4 Å². The summed E-state index contributed by atoms with van der Waals surface area (Å²) in [5.74, 6) is 1.62. The molecule has 1 amide bonds. The van der Waals surface area contributed by atoms with E-state index in [9.17, 15) is 4.79 Å². The molecular weight excluding hydrogens is 312 g/mol. The van der Waals surface area contributed by atoms with E-state index in [1.165, 1.54) is 12.8 Å². The quantitative estimate of drug-likeness (QED) is 0.703. The van der Waals surface area contributed by atoms with Gasteiger partial charge in [-0.3, -0.25) is 4.79 Å². The maximum atomic E-state index is 12.1. The van der Waals surface area contributed by atoms with Crippen LogP contribution in [0.15, 0.2) is 24.3 Å². The lowest BCUT2D eigenvalue weighted by atomic mass is 9.93. The molecule has 2 rings (SSSR count). The summed E-state index contributed by atoms with van der Waals surface area (Å²) in [6, 6.07) is 7.66. The Balaban J connectivity index is 0.00000264. The van der Waals surface area contributed by atoms with Crippen molar-refractivity contribution in [1.82, 2.24) is 5.32 Å². The number of hydrogen-bond donors (Lipinski definition) is 2. The van der Waals surface area contributed by atoms with Gasteiger partial charge in [-0.05, 0) is 56.8 Å². The third kappa shape index (κ3) is 7.71. The number of piperidine rings is 1. The van der Waals surface area contributed by atoms with Crippen molar-refractivity contribution >= 4 is 24.0 Å². The minimum absolute atomic E-state index is 0. The zero-order valence-corrected chi connectivity index (χ0v) is 14.8. The molecule has 0 spiro atoms. The monoisotopic (exact) mass is 340 g/mol. The number of unbranched alkanes of at least 4 members (excludes halogenated alkanes) is 1. The van der Waals surface area contributed by atoms with Crippen LogP contribution in [0.5, 0.6) is 5.75 Å². The lowest BCUT2D eigenvalue weighted by molar-refractivity contribution is -0.116. The molecule has 1 aromatic carbocycles. The number of halogens is 1. The van der Waals surface area contributed by atoms with E-state index >= 15 is 0 Å². The number of benzene rings is 1. The molecule has 0 bridgehead atoms. The molecule has 0 radical (unpaired) electrons. The van der Waals surface area contributed by atoms with E-state index in [4.69, 9.17) is 4.74 Å². The molecule has 23 heavy (non-hydrogen) atoms. The van der Waals surface area contributed by atoms with Gasteiger partial charge in [0.05, 0.1) is 6.61 Å². The molecule has 5 heteroatoms. The second-order valence-corrected chi connectivity index (χ2v) is 6.01. The average molecular weight is 341 g/mol. The maximum Gasteiger partial charge on any atom is 0.224 e. The summed E-state index contributed by atoms with van der Waals surface area (Å²) in [5, 5.41) is 6.33. The van der Waals surface area contributed by atoms with Gasteiger partial charge >= 0.3 is 0 Å². The standard InChI is InChI=1S/C18H28N2O2.ClH/c1-2-3-13-22-17-6-4-5-16(14-17)20-18(21)8-7-15-9-11-19-12-10-15;/h4-6,14-15,19H,2-3,7-13H2,1H3,(H,20,21);1H. The predicted octanol–water partition coefficient (Wildman–Crippen LogP) is 4.01. The Hall–Kier alpha value is -1.26. The molecule has 1 saturated heterocycles. The summed E-state index contributed by atoms with van der Waals surface area (Å²) < 4.78 is 5.67. The zero-order valence-electron chi connectivity index (χ0n) is 14.0. The normalized spacial score (nSPS) is 14.8. The van der Waals surface area contributed by atoms with Gasteiger partial charge in [-0.25, -0.2) is 0 Å². The van der Waals surface area contributed by atoms with Gasteiger partial charge in [0.15, 0.2) is 0 Å². The van der Waals surface area contributed by atoms with E-state index in [1.54, 1.807) is 0 Å². The Labute approximate surface area is 145 Å². The molecule has 130 valence electrons. The second kappa shape index (κ2) is 11.3. The Bertz CT molecular complexity index is 462. The first-order valence-corrected chi connectivity index (χ1v) is 8.51. The molecule has 0 unspecified atom stereocenters. The first-order chi connectivity index (χ1) is 10.8. The van der Waals surface area contributed by atoms with E-state index < -0.39 is 0 Å². The first-order valence-electron chi connectivity index (χ1n) is 8.51. The van der Waals surface area contributed by atoms with Gasteiger partial charge in [0, 0.05) is 18.2 Å². The molecule has 1 fully saturated rings. The minimum Gasteiger partial charge on any atom is -0.494 e. The maximum absolute atomic E-state index is 12.1. The van der Waals surface area contributed by atoms with Crippen LogP contribution < -0.4 is 15.4 Å². The fourth-order valence-electron chi connectivity index (χ4n) is 2.73. The van der Waals surface area contributed by atoms with Crippen molar-refractivity contribution in [2.24, 2.45) is 5.92 Å². The van der Waals surface area contributed by atoms with Gasteiger partial charge in [-0.1, -0.05) is 19.4 Å². The summed E-state index contributed by atoms with van der Waals surface area (Å²) in [4.78, 5) is 12.1. The number of ether oxygens (including phenoxy) is 1. The zero-order chi connectivity index (χ0) is 15.6. The van der Waals surface area contributed by atoms with E-state index in [2.05, 4.69) is 17.6 Å². The van der Waals surface area contributed by atoms with Crippen LogP contribution >= 0.6 is 12.4 Å². The first kappa shape index (κ1) is 19.8. The Morgan fingerprint density at radius 3 is 2.87 bits per heavy atom. The van der Waals surface area contributed by atoms with Gasteiger partial charge in [0.2, 0.25) is 5.91 Å². The number of rotatable bonds is 8. The van der Waals surface area contributed by atoms with Crippen LogP contribution in [0.3, 0.4) is 0 Å². The molecular formula is C18H29ClN2O2. The number of anilines is 1. The number of hydrogen-bond acceptors (Lipinski definition) is 3. The van der Waals surface area contributed by atoms with Crippen LogP contribution in [-0.2, 0) is 4.79 Å². The Morgan fingerprint density at radius 2 is 2.13 bits per heavy atom. The third-order valence-corrected chi connectivity index (χ3v) is 4.12. The van der Waals surface area contributed by atoms with Gasteiger partial charge in [-0.15, -0.1) is 12.4 Å². The molecule has 4 nitrogen and oxygen atoms in total. The molecule has 2 N–H and O–H groups in total. The number of carbonyl (C=O) groups is 1. The molecule has 0 saturated carbocycles. The van der Waals surface area contributed by atoms with Crippen molar-refractivity contribution in [2.45, 2.75) is 45.4 Å². The SMILES string of the molecule is CCCCOc1cccc(NC(=O)CCC2CCNCC2)c1.Cl. The molecule has 1 aliphatic rings. The van der Waals surface area contributed by atoms with Crippen LogP contribution in [0, 0.1) is 5.92 Å². The summed E-state index contributed by atoms with van der Waals surface area (Å²) >= 11 is 0. The lowest BCUT2D eigenvalue weighted by Gasteiger charge is -2.22. The fraction of sp³-hybridized carbons (Fsp3) is 0.611. The lowest BCUT2D eigenvalue weighted by Crippen LogP contribution is -2.28. The highest BCUT2D eigenvalue weighted by molar-refractivity contribution is 5.90. The molecule has 0 aliphatic carbocycles. The number of amides is 1. The molecule has 1 heterocycles. The van der Waals surface area contributed by atoms with Crippen LogP contribution in [0.25, 0.3) is 0 Å². The molecule has 0 atom stereocenters. The smallest absolute Gasteiger partial charge is 0.224 e. The van der Waals surface area contributed by atoms with E-state index in [0.717, 1.165) is 50.4 Å². The summed E-state index contributed by atoms with van der Waals surface area (Å²) in [7, 11) is 0. The van der Waals surface area contributed by atoms with Gasteiger partial charge in [0.25, 0.3) is 0 Å². The van der Waals surface area contributed by atoms with Crippen molar-refractivity contribution in [2.75, 3.05) is 25.0 Å².